The number of nitrogens with zero attached hydrogens (tertiary/aromatic N) is 1. The second-order valence-electron chi connectivity index (χ2n) is 6.65. The summed E-state index contributed by atoms with van der Waals surface area (Å²) in [5, 5.41) is 5.51. The highest BCUT2D eigenvalue weighted by atomic mass is 16.5. The lowest BCUT2D eigenvalue weighted by Gasteiger charge is -2.34. The van der Waals surface area contributed by atoms with E-state index in [0.29, 0.717) is 30.1 Å². The predicted molar refractivity (Wildman–Crippen MR) is 105 cm³/mol. The Morgan fingerprint density at radius 3 is 2.46 bits per heavy atom. The van der Waals surface area contributed by atoms with Crippen molar-refractivity contribution in [2.45, 2.75) is 19.4 Å². The topological polar surface area (TPSA) is 87.7 Å². The molecular formula is C21H23N3O4. The van der Waals surface area contributed by atoms with E-state index in [0.717, 1.165) is 5.56 Å². The van der Waals surface area contributed by atoms with Crippen LogP contribution in [-0.4, -0.2) is 48.9 Å². The van der Waals surface area contributed by atoms with E-state index in [9.17, 15) is 14.4 Å². The SMILES string of the molecule is COc1ccc(C(=O)N2CCNC(=O)[C@H]2CC(=O)Nc2ccc(C)cc2)cc1. The summed E-state index contributed by atoms with van der Waals surface area (Å²) in [6.45, 7) is 2.66. The first kappa shape index (κ1) is 19.4. The summed E-state index contributed by atoms with van der Waals surface area (Å²) < 4.78 is 5.11. The average molecular weight is 381 g/mol. The van der Waals surface area contributed by atoms with Crippen LogP contribution in [0.3, 0.4) is 0 Å². The van der Waals surface area contributed by atoms with Crippen molar-refractivity contribution in [1.29, 1.82) is 0 Å². The number of piperazine rings is 1. The van der Waals surface area contributed by atoms with Gasteiger partial charge in [0.15, 0.2) is 0 Å². The Labute approximate surface area is 163 Å². The van der Waals surface area contributed by atoms with E-state index < -0.39 is 6.04 Å². The molecule has 3 amide bonds. The third-order valence-corrected chi connectivity index (χ3v) is 4.64. The molecule has 146 valence electrons. The number of ether oxygens (including phenoxy) is 1. The largest absolute Gasteiger partial charge is 0.497 e. The zero-order valence-electron chi connectivity index (χ0n) is 15.9. The second kappa shape index (κ2) is 8.56. The molecule has 0 bridgehead atoms. The molecule has 1 aliphatic rings. The minimum absolute atomic E-state index is 0.110. The van der Waals surface area contributed by atoms with Crippen LogP contribution in [-0.2, 0) is 9.59 Å². The van der Waals surface area contributed by atoms with Crippen LogP contribution in [0.5, 0.6) is 5.75 Å². The Balaban J connectivity index is 1.72. The van der Waals surface area contributed by atoms with E-state index in [1.165, 1.54) is 4.90 Å². The highest BCUT2D eigenvalue weighted by molar-refractivity contribution is 6.01. The number of carbonyl (C=O) groups excluding carboxylic acids is 3. The fourth-order valence-electron chi connectivity index (χ4n) is 3.08. The van der Waals surface area contributed by atoms with Gasteiger partial charge in [-0.3, -0.25) is 14.4 Å². The van der Waals surface area contributed by atoms with Crippen LogP contribution in [0.15, 0.2) is 48.5 Å². The zero-order valence-corrected chi connectivity index (χ0v) is 15.9. The number of amides is 3. The molecule has 1 aliphatic heterocycles. The van der Waals surface area contributed by atoms with E-state index in [1.54, 1.807) is 43.5 Å². The quantitative estimate of drug-likeness (QED) is 0.829. The first-order valence-electron chi connectivity index (χ1n) is 9.07. The van der Waals surface area contributed by atoms with E-state index in [2.05, 4.69) is 10.6 Å². The molecule has 2 N–H and O–H groups in total. The average Bonchev–Trinajstić information content (AvgIpc) is 2.71. The van der Waals surface area contributed by atoms with Crippen molar-refractivity contribution in [3.8, 4) is 5.75 Å². The van der Waals surface area contributed by atoms with Crippen LogP contribution in [0.2, 0.25) is 0 Å². The highest BCUT2D eigenvalue weighted by Crippen LogP contribution is 2.18. The van der Waals surface area contributed by atoms with Gasteiger partial charge in [0.1, 0.15) is 11.8 Å². The molecule has 1 saturated heterocycles. The van der Waals surface area contributed by atoms with E-state index in [-0.39, 0.29) is 24.1 Å². The molecule has 0 saturated carbocycles. The molecule has 0 aliphatic carbocycles. The van der Waals surface area contributed by atoms with Crippen LogP contribution in [0.4, 0.5) is 5.69 Å². The van der Waals surface area contributed by atoms with Crippen molar-refractivity contribution in [3.05, 3.63) is 59.7 Å². The normalized spacial score (nSPS) is 16.3. The van der Waals surface area contributed by atoms with Crippen molar-refractivity contribution in [2.75, 3.05) is 25.5 Å². The number of nitrogens with one attached hydrogen (secondary N) is 2. The number of hydrogen-bond acceptors (Lipinski definition) is 4. The Morgan fingerprint density at radius 1 is 1.14 bits per heavy atom. The minimum Gasteiger partial charge on any atom is -0.497 e. The summed E-state index contributed by atoms with van der Waals surface area (Å²) in [6.07, 6.45) is -0.110. The summed E-state index contributed by atoms with van der Waals surface area (Å²) in [7, 11) is 1.55. The number of carbonyl (C=O) groups is 3. The Hall–Kier alpha value is -3.35. The molecule has 1 heterocycles. The fourth-order valence-corrected chi connectivity index (χ4v) is 3.08. The summed E-state index contributed by atoms with van der Waals surface area (Å²) in [4.78, 5) is 39.2. The van der Waals surface area contributed by atoms with Crippen molar-refractivity contribution in [3.63, 3.8) is 0 Å². The standard InChI is InChI=1S/C21H23N3O4/c1-14-3-7-16(8-4-14)23-19(25)13-18-20(26)22-11-12-24(18)21(27)15-5-9-17(28-2)10-6-15/h3-10,18H,11-13H2,1-2H3,(H,22,26)(H,23,25)/t18-/m1/s1. The number of rotatable bonds is 5. The fraction of sp³-hybridized carbons (Fsp3) is 0.286. The van der Waals surface area contributed by atoms with Gasteiger partial charge in [0.05, 0.1) is 13.5 Å². The van der Waals surface area contributed by atoms with Crippen LogP contribution in [0.1, 0.15) is 22.3 Å². The van der Waals surface area contributed by atoms with Crippen molar-refractivity contribution >= 4 is 23.4 Å². The van der Waals surface area contributed by atoms with Crippen molar-refractivity contribution < 1.29 is 19.1 Å². The lowest BCUT2D eigenvalue weighted by molar-refractivity contribution is -0.131. The van der Waals surface area contributed by atoms with Gasteiger partial charge < -0.3 is 20.3 Å². The molecule has 0 unspecified atom stereocenters. The molecule has 7 heteroatoms. The summed E-state index contributed by atoms with van der Waals surface area (Å²) in [6, 6.07) is 13.2. The van der Waals surface area contributed by atoms with E-state index >= 15 is 0 Å². The lowest BCUT2D eigenvalue weighted by Crippen LogP contribution is -2.58. The molecule has 0 spiro atoms. The molecule has 0 aromatic heterocycles. The van der Waals surface area contributed by atoms with Gasteiger partial charge >= 0.3 is 0 Å². The number of methoxy groups -OCH3 is 1. The zero-order chi connectivity index (χ0) is 20.1. The van der Waals surface area contributed by atoms with Gasteiger partial charge in [-0.1, -0.05) is 17.7 Å². The number of aryl methyl sites for hydroxylation is 1. The third-order valence-electron chi connectivity index (χ3n) is 4.64. The Morgan fingerprint density at radius 2 is 1.82 bits per heavy atom. The third kappa shape index (κ3) is 4.49. The maximum absolute atomic E-state index is 12.9. The summed E-state index contributed by atoms with van der Waals surface area (Å²) >= 11 is 0. The summed E-state index contributed by atoms with van der Waals surface area (Å²) in [5.74, 6) is -0.293. The Kier molecular flexibility index (Phi) is 5.93. The van der Waals surface area contributed by atoms with Crippen molar-refractivity contribution in [1.82, 2.24) is 10.2 Å². The van der Waals surface area contributed by atoms with Crippen LogP contribution in [0, 0.1) is 6.92 Å². The number of anilines is 1. The monoisotopic (exact) mass is 381 g/mol. The van der Waals surface area contributed by atoms with Gasteiger partial charge in [-0.2, -0.15) is 0 Å². The van der Waals surface area contributed by atoms with Gasteiger partial charge in [0, 0.05) is 24.3 Å². The highest BCUT2D eigenvalue weighted by Gasteiger charge is 2.35. The molecule has 28 heavy (non-hydrogen) atoms. The molecule has 0 radical (unpaired) electrons. The van der Waals surface area contributed by atoms with Gasteiger partial charge in [-0.05, 0) is 43.3 Å². The number of hydrogen-bond donors (Lipinski definition) is 2. The molecule has 2 aromatic rings. The molecule has 3 rings (SSSR count). The van der Waals surface area contributed by atoms with Crippen molar-refractivity contribution in [2.24, 2.45) is 0 Å². The number of benzene rings is 2. The lowest BCUT2D eigenvalue weighted by atomic mass is 10.1. The van der Waals surface area contributed by atoms with Gasteiger partial charge in [0.25, 0.3) is 5.91 Å². The maximum atomic E-state index is 12.9. The maximum Gasteiger partial charge on any atom is 0.254 e. The van der Waals surface area contributed by atoms with Crippen LogP contribution < -0.4 is 15.4 Å². The minimum atomic E-state index is -0.853. The molecule has 1 fully saturated rings. The Bertz CT molecular complexity index is 862. The molecule has 7 nitrogen and oxygen atoms in total. The van der Waals surface area contributed by atoms with Gasteiger partial charge in [0.2, 0.25) is 11.8 Å². The predicted octanol–water partition coefficient (Wildman–Crippen LogP) is 1.97. The molecular weight excluding hydrogens is 358 g/mol. The second-order valence-corrected chi connectivity index (χ2v) is 6.65. The molecule has 1 atom stereocenters. The first-order chi connectivity index (χ1) is 13.5. The van der Waals surface area contributed by atoms with E-state index in [1.807, 2.05) is 19.1 Å². The van der Waals surface area contributed by atoms with Crippen LogP contribution in [0.25, 0.3) is 0 Å². The smallest absolute Gasteiger partial charge is 0.254 e. The van der Waals surface area contributed by atoms with Crippen LogP contribution >= 0.6 is 0 Å². The van der Waals surface area contributed by atoms with E-state index in [4.69, 9.17) is 4.74 Å². The first-order valence-corrected chi connectivity index (χ1v) is 9.07. The molecule has 2 aromatic carbocycles. The summed E-state index contributed by atoms with van der Waals surface area (Å²) in [5.41, 5.74) is 2.18. The van der Waals surface area contributed by atoms with Gasteiger partial charge in [-0.15, -0.1) is 0 Å². The van der Waals surface area contributed by atoms with Gasteiger partial charge in [-0.25, -0.2) is 0 Å².